The van der Waals surface area contributed by atoms with E-state index < -0.39 is 0 Å². The molecule has 1 atom stereocenters. The Labute approximate surface area is 76.3 Å². The molecular weight excluding hydrogens is 172 g/mol. The minimum Gasteiger partial charge on any atom is -0.396 e. The van der Waals surface area contributed by atoms with Gasteiger partial charge in [0.25, 0.3) is 0 Å². The van der Waals surface area contributed by atoms with Crippen LogP contribution in [0.4, 0.5) is 0 Å². The molecule has 0 saturated heterocycles. The van der Waals surface area contributed by atoms with Crippen molar-refractivity contribution in [2.45, 2.75) is 13.3 Å². The van der Waals surface area contributed by atoms with Crippen molar-refractivity contribution >= 4 is 11.3 Å². The number of hydrogen-bond acceptors (Lipinski definition) is 4. The normalized spacial score (nSPS) is 15.9. The third-order valence-electron chi connectivity index (χ3n) is 1.94. The average Bonchev–Trinajstić information content (AvgIpc) is 2.57. The van der Waals surface area contributed by atoms with E-state index in [2.05, 4.69) is 4.98 Å². The molecule has 4 heteroatoms. The van der Waals surface area contributed by atoms with Crippen LogP contribution in [0.1, 0.15) is 11.9 Å². The maximum absolute atomic E-state index is 9.08. The lowest BCUT2D eigenvalue weighted by Crippen LogP contribution is -2.33. The number of rotatable bonds is 4. The highest BCUT2D eigenvalue weighted by atomic mass is 32.1. The van der Waals surface area contributed by atoms with Crippen LogP contribution in [0.15, 0.2) is 11.6 Å². The van der Waals surface area contributed by atoms with E-state index in [-0.39, 0.29) is 12.0 Å². The van der Waals surface area contributed by atoms with E-state index in [9.17, 15) is 0 Å². The summed E-state index contributed by atoms with van der Waals surface area (Å²) in [4.78, 5) is 4.15. The molecule has 0 aliphatic carbocycles. The Morgan fingerprint density at radius 2 is 2.50 bits per heavy atom. The first-order valence-corrected chi connectivity index (χ1v) is 4.77. The second kappa shape index (κ2) is 3.98. The highest BCUT2D eigenvalue weighted by Crippen LogP contribution is 2.21. The summed E-state index contributed by atoms with van der Waals surface area (Å²) in [6, 6.07) is 0. The fourth-order valence-electron chi connectivity index (χ4n) is 0.898. The molecule has 1 heterocycles. The number of nitrogens with zero attached hydrogens (tertiary/aromatic N) is 1. The molecule has 1 unspecified atom stereocenters. The molecule has 0 saturated carbocycles. The van der Waals surface area contributed by atoms with E-state index in [0.717, 1.165) is 11.4 Å². The Morgan fingerprint density at radius 3 is 2.92 bits per heavy atom. The molecule has 0 bridgehead atoms. The Balaban J connectivity index is 2.60. The second-order valence-electron chi connectivity index (χ2n) is 3.28. The molecule has 68 valence electrons. The zero-order valence-electron chi connectivity index (χ0n) is 7.16. The van der Waals surface area contributed by atoms with Gasteiger partial charge in [0.1, 0.15) is 0 Å². The molecule has 0 aliphatic heterocycles. The van der Waals surface area contributed by atoms with Gasteiger partial charge in [-0.1, -0.05) is 6.92 Å². The molecule has 1 aromatic heterocycles. The van der Waals surface area contributed by atoms with Crippen LogP contribution in [0.2, 0.25) is 0 Å². The fourth-order valence-corrected chi connectivity index (χ4v) is 1.73. The Hall–Kier alpha value is -0.450. The van der Waals surface area contributed by atoms with Crippen molar-refractivity contribution in [2.24, 2.45) is 11.1 Å². The van der Waals surface area contributed by atoms with Gasteiger partial charge in [-0.2, -0.15) is 0 Å². The predicted octanol–water partition coefficient (Wildman–Crippen LogP) is 0.643. The molecule has 0 fully saturated rings. The summed E-state index contributed by atoms with van der Waals surface area (Å²) in [5, 5.41) is 12.1. The molecular formula is C8H14N2OS. The summed E-state index contributed by atoms with van der Waals surface area (Å²) in [6.07, 6.45) is 2.53. The number of hydrogen-bond donors (Lipinski definition) is 2. The largest absolute Gasteiger partial charge is 0.396 e. The summed E-state index contributed by atoms with van der Waals surface area (Å²) in [6.45, 7) is 2.57. The fraction of sp³-hybridized carbons (Fsp3) is 0.625. The Kier molecular flexibility index (Phi) is 3.20. The number of thiazole rings is 1. The van der Waals surface area contributed by atoms with Gasteiger partial charge in [-0.3, -0.25) is 0 Å². The van der Waals surface area contributed by atoms with Crippen LogP contribution < -0.4 is 5.73 Å². The topological polar surface area (TPSA) is 59.1 Å². The van der Waals surface area contributed by atoms with Gasteiger partial charge in [-0.15, -0.1) is 11.3 Å². The lowest BCUT2D eigenvalue weighted by Gasteiger charge is -2.23. The van der Waals surface area contributed by atoms with E-state index in [1.54, 1.807) is 17.5 Å². The van der Waals surface area contributed by atoms with Crippen LogP contribution in [0.3, 0.4) is 0 Å². The third-order valence-corrected chi connectivity index (χ3v) is 2.72. The van der Waals surface area contributed by atoms with Gasteiger partial charge in [0.2, 0.25) is 0 Å². The predicted molar refractivity (Wildman–Crippen MR) is 50.1 cm³/mol. The maximum atomic E-state index is 9.08. The van der Waals surface area contributed by atoms with Gasteiger partial charge >= 0.3 is 0 Å². The Bertz CT molecular complexity index is 219. The van der Waals surface area contributed by atoms with Gasteiger partial charge in [-0.05, 0) is 0 Å². The van der Waals surface area contributed by atoms with Gasteiger partial charge < -0.3 is 10.8 Å². The minimum atomic E-state index is -0.210. The van der Waals surface area contributed by atoms with Gasteiger partial charge in [-0.25, -0.2) is 4.98 Å². The van der Waals surface area contributed by atoms with Crippen LogP contribution in [-0.4, -0.2) is 23.2 Å². The van der Waals surface area contributed by atoms with Crippen LogP contribution in [0, 0.1) is 5.41 Å². The summed E-state index contributed by atoms with van der Waals surface area (Å²) in [5.74, 6) is 0. The van der Waals surface area contributed by atoms with Crippen molar-refractivity contribution in [3.63, 3.8) is 0 Å². The van der Waals surface area contributed by atoms with Crippen molar-refractivity contribution in [1.29, 1.82) is 0 Å². The van der Waals surface area contributed by atoms with Crippen LogP contribution in [0.5, 0.6) is 0 Å². The standard InChI is InChI=1S/C8H14N2OS/c1-8(5-9,6-11)4-7-10-2-3-12-7/h2-3,11H,4-6,9H2,1H3. The summed E-state index contributed by atoms with van der Waals surface area (Å²) < 4.78 is 0. The highest BCUT2D eigenvalue weighted by molar-refractivity contribution is 7.09. The van der Waals surface area contributed by atoms with Gasteiger partial charge in [0.05, 0.1) is 11.6 Å². The molecule has 12 heavy (non-hydrogen) atoms. The number of aromatic nitrogens is 1. The second-order valence-corrected chi connectivity index (χ2v) is 4.25. The molecule has 0 radical (unpaired) electrons. The quantitative estimate of drug-likeness (QED) is 0.725. The molecule has 0 spiro atoms. The van der Waals surface area contributed by atoms with E-state index >= 15 is 0 Å². The van der Waals surface area contributed by atoms with Crippen molar-refractivity contribution in [3.05, 3.63) is 16.6 Å². The Morgan fingerprint density at radius 1 is 1.75 bits per heavy atom. The number of aliphatic hydroxyl groups excluding tert-OH is 1. The SMILES string of the molecule is CC(CN)(CO)Cc1nccs1. The van der Waals surface area contributed by atoms with E-state index in [4.69, 9.17) is 10.8 Å². The zero-order valence-corrected chi connectivity index (χ0v) is 7.97. The summed E-state index contributed by atoms with van der Waals surface area (Å²) in [7, 11) is 0. The lowest BCUT2D eigenvalue weighted by molar-refractivity contribution is 0.149. The van der Waals surface area contributed by atoms with E-state index in [1.165, 1.54) is 0 Å². The number of aliphatic hydroxyl groups is 1. The molecule has 0 aliphatic rings. The maximum Gasteiger partial charge on any atom is 0.0931 e. The molecule has 3 N–H and O–H groups in total. The molecule has 3 nitrogen and oxygen atoms in total. The monoisotopic (exact) mass is 186 g/mol. The molecule has 0 aromatic carbocycles. The average molecular weight is 186 g/mol. The van der Waals surface area contributed by atoms with Crippen molar-refractivity contribution in [3.8, 4) is 0 Å². The van der Waals surface area contributed by atoms with Crippen LogP contribution in [0.25, 0.3) is 0 Å². The van der Waals surface area contributed by atoms with Gasteiger partial charge in [0, 0.05) is 30.0 Å². The third kappa shape index (κ3) is 2.27. The lowest BCUT2D eigenvalue weighted by atomic mass is 9.88. The molecule has 1 rings (SSSR count). The highest BCUT2D eigenvalue weighted by Gasteiger charge is 2.22. The summed E-state index contributed by atoms with van der Waals surface area (Å²) >= 11 is 1.60. The van der Waals surface area contributed by atoms with Crippen molar-refractivity contribution in [1.82, 2.24) is 4.98 Å². The first kappa shape index (κ1) is 9.64. The summed E-state index contributed by atoms with van der Waals surface area (Å²) in [5.41, 5.74) is 5.34. The number of nitrogens with two attached hydrogens (primary N) is 1. The first-order chi connectivity index (χ1) is 5.70. The van der Waals surface area contributed by atoms with E-state index in [1.807, 2.05) is 12.3 Å². The smallest absolute Gasteiger partial charge is 0.0931 e. The zero-order chi connectivity index (χ0) is 9.03. The van der Waals surface area contributed by atoms with Crippen molar-refractivity contribution < 1.29 is 5.11 Å². The molecule has 0 amide bonds. The van der Waals surface area contributed by atoms with Crippen molar-refractivity contribution in [2.75, 3.05) is 13.2 Å². The molecule has 1 aromatic rings. The minimum absolute atomic E-state index is 0.114. The van der Waals surface area contributed by atoms with Crippen LogP contribution in [-0.2, 0) is 6.42 Å². The van der Waals surface area contributed by atoms with Gasteiger partial charge in [0.15, 0.2) is 0 Å². The first-order valence-electron chi connectivity index (χ1n) is 3.89. The van der Waals surface area contributed by atoms with Crippen LogP contribution >= 0.6 is 11.3 Å². The van der Waals surface area contributed by atoms with E-state index in [0.29, 0.717) is 6.54 Å².